The molecule has 2 heteroatoms. The highest BCUT2D eigenvalue weighted by atomic mass is 16.5. The van der Waals surface area contributed by atoms with Crippen molar-refractivity contribution in [1.29, 1.82) is 0 Å². The predicted molar refractivity (Wildman–Crippen MR) is 71.2 cm³/mol. The molecule has 1 aromatic carbocycles. The Morgan fingerprint density at radius 2 is 2.18 bits per heavy atom. The Morgan fingerprint density at radius 1 is 1.35 bits per heavy atom. The summed E-state index contributed by atoms with van der Waals surface area (Å²) in [6.45, 7) is 6.24. The fourth-order valence-electron chi connectivity index (χ4n) is 1.88. The second-order valence-corrected chi connectivity index (χ2v) is 4.62. The molecule has 0 aromatic heterocycles. The smallest absolute Gasteiger partial charge is 0.124 e. The van der Waals surface area contributed by atoms with Gasteiger partial charge in [0.15, 0.2) is 0 Å². The number of nitrogens with one attached hydrogen (secondary N) is 1. The maximum absolute atomic E-state index is 5.62. The van der Waals surface area contributed by atoms with E-state index in [1.165, 1.54) is 24.8 Å². The highest BCUT2D eigenvalue weighted by Crippen LogP contribution is 2.31. The molecular weight excluding hydrogens is 210 g/mol. The quantitative estimate of drug-likeness (QED) is 0.548. The average molecular weight is 231 g/mol. The van der Waals surface area contributed by atoms with Crippen LogP contribution in [0.5, 0.6) is 5.75 Å². The van der Waals surface area contributed by atoms with Crippen LogP contribution in [-0.4, -0.2) is 13.2 Å². The standard InChI is InChI=1S/C15H21NO/c1-2-11-17-15-6-4-3-5-14(15)12-16-10-9-13-7-8-13/h2-6,13,16H,1,7-12H2. The van der Waals surface area contributed by atoms with E-state index in [-0.39, 0.29) is 0 Å². The van der Waals surface area contributed by atoms with Crippen LogP contribution in [0.1, 0.15) is 24.8 Å². The number of hydrogen-bond donors (Lipinski definition) is 1. The van der Waals surface area contributed by atoms with E-state index >= 15 is 0 Å². The summed E-state index contributed by atoms with van der Waals surface area (Å²) in [7, 11) is 0. The zero-order valence-corrected chi connectivity index (χ0v) is 10.3. The van der Waals surface area contributed by atoms with Crippen LogP contribution in [0.4, 0.5) is 0 Å². The van der Waals surface area contributed by atoms with Gasteiger partial charge in [0.25, 0.3) is 0 Å². The Balaban J connectivity index is 1.78. The Hall–Kier alpha value is -1.28. The lowest BCUT2D eigenvalue weighted by atomic mass is 10.2. The number of ether oxygens (including phenoxy) is 1. The van der Waals surface area contributed by atoms with Crippen molar-refractivity contribution in [1.82, 2.24) is 5.32 Å². The van der Waals surface area contributed by atoms with E-state index in [0.29, 0.717) is 6.61 Å². The second-order valence-electron chi connectivity index (χ2n) is 4.62. The summed E-state index contributed by atoms with van der Waals surface area (Å²) in [5.41, 5.74) is 1.23. The lowest BCUT2D eigenvalue weighted by molar-refractivity contribution is 0.358. The van der Waals surface area contributed by atoms with Gasteiger partial charge in [-0.15, -0.1) is 0 Å². The molecule has 92 valence electrons. The van der Waals surface area contributed by atoms with E-state index in [1.807, 2.05) is 12.1 Å². The van der Waals surface area contributed by atoms with E-state index < -0.39 is 0 Å². The number of rotatable bonds is 8. The first-order chi connectivity index (χ1) is 8.40. The van der Waals surface area contributed by atoms with E-state index in [0.717, 1.165) is 24.8 Å². The summed E-state index contributed by atoms with van der Waals surface area (Å²) in [6.07, 6.45) is 5.95. The number of hydrogen-bond acceptors (Lipinski definition) is 2. The molecule has 0 bridgehead atoms. The van der Waals surface area contributed by atoms with Gasteiger partial charge < -0.3 is 10.1 Å². The minimum absolute atomic E-state index is 0.569. The molecule has 2 rings (SSSR count). The number of benzene rings is 1. The molecule has 1 fully saturated rings. The van der Waals surface area contributed by atoms with Gasteiger partial charge in [0.2, 0.25) is 0 Å². The van der Waals surface area contributed by atoms with Gasteiger partial charge in [-0.05, 0) is 24.9 Å². The topological polar surface area (TPSA) is 21.3 Å². The Morgan fingerprint density at radius 3 is 2.94 bits per heavy atom. The fraction of sp³-hybridized carbons (Fsp3) is 0.467. The molecule has 0 radical (unpaired) electrons. The SMILES string of the molecule is C=CCOc1ccccc1CNCCC1CC1. The normalized spacial score (nSPS) is 14.6. The van der Waals surface area contributed by atoms with Crippen LogP contribution in [0.3, 0.4) is 0 Å². The van der Waals surface area contributed by atoms with Gasteiger partial charge in [0.1, 0.15) is 12.4 Å². The molecule has 0 saturated heterocycles. The third kappa shape index (κ3) is 4.23. The molecule has 2 nitrogen and oxygen atoms in total. The van der Waals surface area contributed by atoms with Gasteiger partial charge in [-0.2, -0.15) is 0 Å². The Kier molecular flexibility index (Phi) is 4.63. The lowest BCUT2D eigenvalue weighted by Crippen LogP contribution is -2.15. The van der Waals surface area contributed by atoms with Crippen LogP contribution in [-0.2, 0) is 6.54 Å². The Bertz CT molecular complexity index is 358. The van der Waals surface area contributed by atoms with Crippen LogP contribution in [0.2, 0.25) is 0 Å². The largest absolute Gasteiger partial charge is 0.489 e. The van der Waals surface area contributed by atoms with Gasteiger partial charge >= 0.3 is 0 Å². The van der Waals surface area contributed by atoms with Crippen molar-refractivity contribution in [2.24, 2.45) is 5.92 Å². The molecule has 0 atom stereocenters. The van der Waals surface area contributed by atoms with Crippen molar-refractivity contribution in [3.8, 4) is 5.75 Å². The van der Waals surface area contributed by atoms with Crippen LogP contribution in [0.25, 0.3) is 0 Å². The van der Waals surface area contributed by atoms with Crippen molar-refractivity contribution in [2.45, 2.75) is 25.8 Å². The average Bonchev–Trinajstić information content (AvgIpc) is 3.17. The van der Waals surface area contributed by atoms with E-state index in [2.05, 4.69) is 24.0 Å². The van der Waals surface area contributed by atoms with Crippen molar-refractivity contribution in [2.75, 3.05) is 13.2 Å². The summed E-state index contributed by atoms with van der Waals surface area (Å²) >= 11 is 0. The predicted octanol–water partition coefficient (Wildman–Crippen LogP) is 3.14. The summed E-state index contributed by atoms with van der Waals surface area (Å²) in [6, 6.07) is 8.19. The van der Waals surface area contributed by atoms with Crippen LogP contribution in [0, 0.1) is 5.92 Å². The van der Waals surface area contributed by atoms with Gasteiger partial charge in [-0.1, -0.05) is 43.7 Å². The van der Waals surface area contributed by atoms with Gasteiger partial charge in [-0.25, -0.2) is 0 Å². The monoisotopic (exact) mass is 231 g/mol. The third-order valence-corrected chi connectivity index (χ3v) is 3.07. The zero-order chi connectivity index (χ0) is 11.9. The molecule has 0 unspecified atom stereocenters. The highest BCUT2D eigenvalue weighted by Gasteiger charge is 2.19. The third-order valence-electron chi connectivity index (χ3n) is 3.07. The first-order valence-electron chi connectivity index (χ1n) is 6.42. The molecule has 1 aromatic rings. The molecule has 0 heterocycles. The van der Waals surface area contributed by atoms with E-state index in [4.69, 9.17) is 4.74 Å². The molecule has 1 aliphatic rings. The summed E-state index contributed by atoms with van der Waals surface area (Å²) in [5.74, 6) is 1.96. The molecule has 0 amide bonds. The van der Waals surface area contributed by atoms with Crippen LogP contribution in [0.15, 0.2) is 36.9 Å². The molecule has 0 aliphatic heterocycles. The number of para-hydroxylation sites is 1. The lowest BCUT2D eigenvalue weighted by Gasteiger charge is -2.10. The molecule has 1 saturated carbocycles. The molecular formula is C15H21NO. The van der Waals surface area contributed by atoms with Gasteiger partial charge in [-0.3, -0.25) is 0 Å². The molecule has 17 heavy (non-hydrogen) atoms. The molecule has 1 aliphatic carbocycles. The van der Waals surface area contributed by atoms with Crippen molar-refractivity contribution in [3.63, 3.8) is 0 Å². The van der Waals surface area contributed by atoms with Crippen molar-refractivity contribution in [3.05, 3.63) is 42.5 Å². The van der Waals surface area contributed by atoms with Gasteiger partial charge in [0, 0.05) is 12.1 Å². The van der Waals surface area contributed by atoms with E-state index in [9.17, 15) is 0 Å². The van der Waals surface area contributed by atoms with Crippen LogP contribution >= 0.6 is 0 Å². The minimum Gasteiger partial charge on any atom is -0.489 e. The first-order valence-corrected chi connectivity index (χ1v) is 6.42. The van der Waals surface area contributed by atoms with Crippen molar-refractivity contribution >= 4 is 0 Å². The zero-order valence-electron chi connectivity index (χ0n) is 10.3. The second kappa shape index (κ2) is 6.45. The summed E-state index contributed by atoms with van der Waals surface area (Å²) in [4.78, 5) is 0. The summed E-state index contributed by atoms with van der Waals surface area (Å²) < 4.78 is 5.62. The maximum Gasteiger partial charge on any atom is 0.124 e. The first kappa shape index (κ1) is 12.2. The molecule has 1 N–H and O–H groups in total. The highest BCUT2D eigenvalue weighted by molar-refractivity contribution is 5.33. The summed E-state index contributed by atoms with van der Waals surface area (Å²) in [5, 5.41) is 3.48. The fourth-order valence-corrected chi connectivity index (χ4v) is 1.88. The Labute approximate surface area is 104 Å². The van der Waals surface area contributed by atoms with Gasteiger partial charge in [0.05, 0.1) is 0 Å². The van der Waals surface area contributed by atoms with Crippen LogP contribution < -0.4 is 10.1 Å². The maximum atomic E-state index is 5.62. The van der Waals surface area contributed by atoms with E-state index in [1.54, 1.807) is 6.08 Å². The minimum atomic E-state index is 0.569. The van der Waals surface area contributed by atoms with Crippen molar-refractivity contribution < 1.29 is 4.74 Å². The molecule has 0 spiro atoms.